The molecule has 20 heavy (non-hydrogen) atoms. The molecule has 114 valence electrons. The van der Waals surface area contributed by atoms with E-state index in [9.17, 15) is 14.4 Å². The van der Waals surface area contributed by atoms with Crippen LogP contribution in [0.15, 0.2) is 0 Å². The fraction of sp³-hybridized carbons (Fsp3) is 0.786. The number of rotatable bonds is 6. The van der Waals surface area contributed by atoms with Gasteiger partial charge in [-0.3, -0.25) is 14.4 Å². The topological polar surface area (TPSA) is 77.9 Å². The molecule has 1 atom stereocenters. The maximum Gasteiger partial charge on any atom is 0.308 e. The third-order valence-corrected chi connectivity index (χ3v) is 3.65. The minimum atomic E-state index is -0.915. The smallest absolute Gasteiger partial charge is 0.308 e. The van der Waals surface area contributed by atoms with E-state index >= 15 is 0 Å². The third-order valence-electron chi connectivity index (χ3n) is 3.65. The average molecular weight is 284 g/mol. The van der Waals surface area contributed by atoms with Crippen LogP contribution in [0.25, 0.3) is 0 Å². The van der Waals surface area contributed by atoms with Gasteiger partial charge in [0.2, 0.25) is 11.8 Å². The first-order valence-electron chi connectivity index (χ1n) is 7.24. The van der Waals surface area contributed by atoms with Crippen molar-refractivity contribution in [3.63, 3.8) is 0 Å². The molecule has 1 rings (SSSR count). The Balaban J connectivity index is 2.57. The van der Waals surface area contributed by atoms with Gasteiger partial charge in [0.05, 0.1) is 12.5 Å². The number of carboxylic acid groups (broad SMARTS) is 1. The number of aliphatic carboxylic acids is 1. The molecule has 1 N–H and O–H groups in total. The van der Waals surface area contributed by atoms with Crippen LogP contribution in [0.3, 0.4) is 0 Å². The number of carbonyl (C=O) groups is 3. The fourth-order valence-electron chi connectivity index (χ4n) is 2.28. The van der Waals surface area contributed by atoms with E-state index in [-0.39, 0.29) is 24.9 Å². The van der Waals surface area contributed by atoms with Crippen LogP contribution in [0.2, 0.25) is 0 Å². The van der Waals surface area contributed by atoms with Crippen molar-refractivity contribution in [3.8, 4) is 0 Å². The summed E-state index contributed by atoms with van der Waals surface area (Å²) in [6, 6.07) is 0. The van der Waals surface area contributed by atoms with E-state index in [0.717, 1.165) is 19.3 Å². The summed E-state index contributed by atoms with van der Waals surface area (Å²) in [6.07, 6.45) is 3.34. The summed E-state index contributed by atoms with van der Waals surface area (Å²) in [5.74, 6) is -1.66. The molecule has 0 radical (unpaired) electrons. The third kappa shape index (κ3) is 4.83. The second kappa shape index (κ2) is 7.87. The van der Waals surface area contributed by atoms with Crippen molar-refractivity contribution < 1.29 is 19.5 Å². The Morgan fingerprint density at radius 1 is 1.35 bits per heavy atom. The Bertz CT molecular complexity index is 370. The summed E-state index contributed by atoms with van der Waals surface area (Å²) in [4.78, 5) is 38.0. The highest BCUT2D eigenvalue weighted by molar-refractivity contribution is 5.85. The van der Waals surface area contributed by atoms with Crippen LogP contribution in [0.5, 0.6) is 0 Å². The van der Waals surface area contributed by atoms with Crippen molar-refractivity contribution in [1.82, 2.24) is 9.80 Å². The van der Waals surface area contributed by atoms with Crippen LogP contribution in [0.1, 0.15) is 39.5 Å². The van der Waals surface area contributed by atoms with E-state index in [1.54, 1.807) is 11.8 Å². The standard InChI is InChI=1S/C14H24N2O4/c1-3-15(9-11(2)14(19)20)13(18)10-16-8-6-4-5-7-12(16)17/h11H,3-10H2,1-2H3,(H,19,20). The average Bonchev–Trinajstić information content (AvgIpc) is 2.60. The van der Waals surface area contributed by atoms with E-state index in [2.05, 4.69) is 0 Å². The zero-order valence-corrected chi connectivity index (χ0v) is 12.3. The molecule has 1 aliphatic heterocycles. The summed E-state index contributed by atoms with van der Waals surface area (Å²) >= 11 is 0. The highest BCUT2D eigenvalue weighted by Crippen LogP contribution is 2.11. The number of likely N-dealkylation sites (N-methyl/N-ethyl adjacent to an activating group) is 1. The van der Waals surface area contributed by atoms with E-state index in [0.29, 0.717) is 19.5 Å². The number of amides is 2. The van der Waals surface area contributed by atoms with Crippen LogP contribution >= 0.6 is 0 Å². The number of hydrogen-bond donors (Lipinski definition) is 1. The highest BCUT2D eigenvalue weighted by Gasteiger charge is 2.24. The summed E-state index contributed by atoms with van der Waals surface area (Å²) in [5.41, 5.74) is 0. The Kier molecular flexibility index (Phi) is 6.48. The van der Waals surface area contributed by atoms with Gasteiger partial charge in [-0.15, -0.1) is 0 Å². The van der Waals surface area contributed by atoms with Gasteiger partial charge in [0.15, 0.2) is 0 Å². The van der Waals surface area contributed by atoms with E-state index in [1.165, 1.54) is 4.90 Å². The molecule has 0 aromatic heterocycles. The lowest BCUT2D eigenvalue weighted by molar-refractivity contribution is -0.145. The van der Waals surface area contributed by atoms with Gasteiger partial charge in [0.1, 0.15) is 0 Å². The Morgan fingerprint density at radius 2 is 2.05 bits per heavy atom. The van der Waals surface area contributed by atoms with Crippen LogP contribution in [-0.2, 0) is 14.4 Å². The first-order chi connectivity index (χ1) is 9.45. The summed E-state index contributed by atoms with van der Waals surface area (Å²) in [7, 11) is 0. The molecular formula is C14H24N2O4. The van der Waals surface area contributed by atoms with Crippen molar-refractivity contribution in [1.29, 1.82) is 0 Å². The maximum atomic E-state index is 12.2. The number of nitrogens with zero attached hydrogens (tertiary/aromatic N) is 2. The van der Waals surface area contributed by atoms with Gasteiger partial charge in [0.25, 0.3) is 0 Å². The number of carboxylic acids is 1. The number of hydrogen-bond acceptors (Lipinski definition) is 3. The molecule has 0 aromatic carbocycles. The van der Waals surface area contributed by atoms with Crippen molar-refractivity contribution in [2.45, 2.75) is 39.5 Å². The predicted octanol–water partition coefficient (Wildman–Crippen LogP) is 0.958. The van der Waals surface area contributed by atoms with Gasteiger partial charge in [-0.25, -0.2) is 0 Å². The Labute approximate surface area is 119 Å². The molecule has 1 saturated heterocycles. The zero-order chi connectivity index (χ0) is 15.1. The van der Waals surface area contributed by atoms with Gasteiger partial charge in [0, 0.05) is 26.1 Å². The van der Waals surface area contributed by atoms with Crippen molar-refractivity contribution in [3.05, 3.63) is 0 Å². The van der Waals surface area contributed by atoms with Gasteiger partial charge < -0.3 is 14.9 Å². The number of carbonyl (C=O) groups excluding carboxylic acids is 2. The molecule has 0 spiro atoms. The van der Waals surface area contributed by atoms with E-state index in [4.69, 9.17) is 5.11 Å². The molecule has 2 amide bonds. The fourth-order valence-corrected chi connectivity index (χ4v) is 2.28. The molecular weight excluding hydrogens is 260 g/mol. The molecule has 6 heteroatoms. The quantitative estimate of drug-likeness (QED) is 0.788. The minimum Gasteiger partial charge on any atom is -0.481 e. The van der Waals surface area contributed by atoms with Gasteiger partial charge >= 0.3 is 5.97 Å². The molecule has 0 saturated carbocycles. The first kappa shape index (κ1) is 16.5. The van der Waals surface area contributed by atoms with Gasteiger partial charge in [-0.05, 0) is 19.8 Å². The molecule has 0 bridgehead atoms. The Morgan fingerprint density at radius 3 is 2.65 bits per heavy atom. The zero-order valence-electron chi connectivity index (χ0n) is 12.3. The maximum absolute atomic E-state index is 12.2. The van der Waals surface area contributed by atoms with Crippen LogP contribution in [0, 0.1) is 5.92 Å². The lowest BCUT2D eigenvalue weighted by Gasteiger charge is -2.27. The largest absolute Gasteiger partial charge is 0.481 e. The summed E-state index contributed by atoms with van der Waals surface area (Å²) < 4.78 is 0. The monoisotopic (exact) mass is 284 g/mol. The highest BCUT2D eigenvalue weighted by atomic mass is 16.4. The number of likely N-dealkylation sites (tertiary alicyclic amines) is 1. The molecule has 1 unspecified atom stereocenters. The molecule has 0 aromatic rings. The molecule has 1 heterocycles. The van der Waals surface area contributed by atoms with E-state index in [1.807, 2.05) is 6.92 Å². The van der Waals surface area contributed by atoms with E-state index < -0.39 is 11.9 Å². The lowest BCUT2D eigenvalue weighted by Crippen LogP contribution is -2.44. The summed E-state index contributed by atoms with van der Waals surface area (Å²) in [6.45, 7) is 4.73. The molecule has 0 aliphatic carbocycles. The van der Waals surface area contributed by atoms with Crippen LogP contribution < -0.4 is 0 Å². The van der Waals surface area contributed by atoms with Crippen molar-refractivity contribution in [2.24, 2.45) is 5.92 Å². The molecule has 1 aliphatic rings. The second-order valence-electron chi connectivity index (χ2n) is 5.30. The predicted molar refractivity (Wildman–Crippen MR) is 74.1 cm³/mol. The lowest BCUT2D eigenvalue weighted by atomic mass is 10.1. The van der Waals surface area contributed by atoms with Gasteiger partial charge in [-0.1, -0.05) is 13.3 Å². The normalized spacial score (nSPS) is 17.5. The van der Waals surface area contributed by atoms with Crippen LogP contribution in [0.4, 0.5) is 0 Å². The van der Waals surface area contributed by atoms with Crippen molar-refractivity contribution >= 4 is 17.8 Å². The van der Waals surface area contributed by atoms with Crippen LogP contribution in [-0.4, -0.2) is 58.9 Å². The SMILES string of the molecule is CCN(CC(C)C(=O)O)C(=O)CN1CCCCCC1=O. The Hall–Kier alpha value is -1.59. The minimum absolute atomic E-state index is 0.0261. The molecule has 1 fully saturated rings. The summed E-state index contributed by atoms with van der Waals surface area (Å²) in [5, 5.41) is 8.91. The van der Waals surface area contributed by atoms with Crippen molar-refractivity contribution in [2.75, 3.05) is 26.2 Å². The first-order valence-corrected chi connectivity index (χ1v) is 7.24. The van der Waals surface area contributed by atoms with Gasteiger partial charge in [-0.2, -0.15) is 0 Å². The molecule has 6 nitrogen and oxygen atoms in total. The second-order valence-corrected chi connectivity index (χ2v) is 5.30.